The molecule has 1 aromatic carbocycles. The van der Waals surface area contributed by atoms with Crippen LogP contribution in [0.25, 0.3) is 0 Å². The van der Waals surface area contributed by atoms with Crippen molar-refractivity contribution in [3.05, 3.63) is 35.4 Å². The second-order valence-corrected chi connectivity index (χ2v) is 2.23. The normalized spacial score (nSPS) is 14.6. The highest BCUT2D eigenvalue weighted by molar-refractivity contribution is 5.93. The first kappa shape index (κ1) is 5.47. The zero-order valence-corrected chi connectivity index (χ0v) is 5.33. The lowest BCUT2D eigenvalue weighted by atomic mass is 10.1. The molecule has 50 valence electrons. The van der Waals surface area contributed by atoms with E-state index in [1.54, 1.807) is 6.07 Å². The Balaban J connectivity index is 0.000000605. The van der Waals surface area contributed by atoms with Crippen LogP contribution in [0.4, 0.5) is 0 Å². The molecule has 0 spiro atoms. The van der Waals surface area contributed by atoms with Crippen LogP contribution in [0, 0.1) is 0 Å². The molecule has 1 aliphatic rings. The number of cyclic esters (lactones) is 1. The maximum Gasteiger partial charge on any atom is 1.00 e. The van der Waals surface area contributed by atoms with E-state index in [0.29, 0.717) is 12.2 Å². The molecule has 2 rings (SSSR count). The maximum atomic E-state index is 10.8. The van der Waals surface area contributed by atoms with Gasteiger partial charge in [0.15, 0.2) is 0 Å². The minimum absolute atomic E-state index is 0. The molecule has 0 N–H and O–H groups in total. The molecule has 1 aromatic rings. The van der Waals surface area contributed by atoms with Gasteiger partial charge in [0.2, 0.25) is 0 Å². The molecule has 0 amide bonds. The Hall–Kier alpha value is -1.31. The van der Waals surface area contributed by atoms with Crippen LogP contribution >= 0.6 is 0 Å². The van der Waals surface area contributed by atoms with Gasteiger partial charge >= 0.3 is 7.40 Å². The van der Waals surface area contributed by atoms with E-state index in [9.17, 15) is 4.79 Å². The minimum atomic E-state index is -0.199. The van der Waals surface area contributed by atoms with E-state index in [1.165, 1.54) is 0 Å². The van der Waals surface area contributed by atoms with Gasteiger partial charge in [-0.1, -0.05) is 18.2 Å². The van der Waals surface area contributed by atoms with Crippen molar-refractivity contribution in [3.63, 3.8) is 0 Å². The van der Waals surface area contributed by atoms with Crippen LogP contribution in [0.2, 0.25) is 0 Å². The summed E-state index contributed by atoms with van der Waals surface area (Å²) in [7, 11) is 0. The van der Waals surface area contributed by atoms with Crippen molar-refractivity contribution in [3.8, 4) is 0 Å². The van der Waals surface area contributed by atoms with Crippen LogP contribution in [0.1, 0.15) is 17.3 Å². The molecule has 0 saturated heterocycles. The second kappa shape index (κ2) is 1.84. The van der Waals surface area contributed by atoms with E-state index in [2.05, 4.69) is 0 Å². The first-order valence-electron chi connectivity index (χ1n) is 3.13. The number of esters is 1. The van der Waals surface area contributed by atoms with Gasteiger partial charge in [0, 0.05) is 5.56 Å². The van der Waals surface area contributed by atoms with Gasteiger partial charge in [-0.05, 0) is 6.07 Å². The monoisotopic (exact) mass is 135 g/mol. The molecule has 10 heavy (non-hydrogen) atoms. The summed E-state index contributed by atoms with van der Waals surface area (Å²) in [5.41, 5.74) is 1.70. The van der Waals surface area contributed by atoms with Crippen molar-refractivity contribution >= 4 is 5.97 Å². The number of ether oxygens (including phenoxy) is 1. The lowest BCUT2D eigenvalue weighted by Crippen LogP contribution is -1.91. The quantitative estimate of drug-likeness (QED) is 0.503. The van der Waals surface area contributed by atoms with Gasteiger partial charge in [-0.3, -0.25) is 0 Å². The number of hydrogen-bond acceptors (Lipinski definition) is 2. The fourth-order valence-electron chi connectivity index (χ4n) is 1.07. The van der Waals surface area contributed by atoms with E-state index >= 15 is 0 Å². The summed E-state index contributed by atoms with van der Waals surface area (Å²) in [4.78, 5) is 10.8. The summed E-state index contributed by atoms with van der Waals surface area (Å²) in [5, 5.41) is 0. The van der Waals surface area contributed by atoms with Crippen molar-refractivity contribution in [2.45, 2.75) is 6.61 Å². The van der Waals surface area contributed by atoms with Crippen molar-refractivity contribution in [1.29, 1.82) is 0 Å². The van der Waals surface area contributed by atoms with Gasteiger partial charge in [-0.15, -0.1) is 0 Å². The Labute approximate surface area is 59.9 Å². The van der Waals surface area contributed by atoms with Gasteiger partial charge in [0.25, 0.3) is 0 Å². The van der Waals surface area contributed by atoms with Crippen LogP contribution in [0.3, 0.4) is 0 Å². The molecule has 2 nitrogen and oxygen atoms in total. The smallest absolute Gasteiger partial charge is 0.457 e. The standard InChI is InChI=1S/C8H6O2/c9-8-7-4-2-1-3-6(7)5-10-8/h1-4H,5H2/p+1. The number of rotatable bonds is 0. The van der Waals surface area contributed by atoms with E-state index in [-0.39, 0.29) is 7.40 Å². The lowest BCUT2D eigenvalue weighted by Gasteiger charge is -1.87. The molecule has 1 aliphatic heterocycles. The Bertz CT molecular complexity index is 283. The predicted molar refractivity (Wildman–Crippen MR) is 36.7 cm³/mol. The van der Waals surface area contributed by atoms with E-state index in [1.807, 2.05) is 18.2 Å². The van der Waals surface area contributed by atoms with Crippen molar-refractivity contribution in [2.75, 3.05) is 0 Å². The molecule has 0 radical (unpaired) electrons. The van der Waals surface area contributed by atoms with Gasteiger partial charge in [-0.25, -0.2) is 4.79 Å². The summed E-state index contributed by atoms with van der Waals surface area (Å²) in [6.07, 6.45) is 0. The number of fused-ring (bicyclic) bond motifs is 1. The average molecular weight is 135 g/mol. The number of carbonyl (C=O) groups excluding carboxylic acids is 1. The summed E-state index contributed by atoms with van der Waals surface area (Å²) >= 11 is 0. The third-order valence-electron chi connectivity index (χ3n) is 1.60. The highest BCUT2D eigenvalue weighted by Gasteiger charge is 2.18. The molecule has 0 unspecified atom stereocenters. The number of carbonyl (C=O) groups is 1. The van der Waals surface area contributed by atoms with Gasteiger partial charge < -0.3 is 4.74 Å². The minimum Gasteiger partial charge on any atom is -0.457 e. The van der Waals surface area contributed by atoms with Crippen molar-refractivity contribution in [2.24, 2.45) is 0 Å². The summed E-state index contributed by atoms with van der Waals surface area (Å²) in [5.74, 6) is -0.199. The van der Waals surface area contributed by atoms with Crippen LogP contribution in [0.5, 0.6) is 0 Å². The van der Waals surface area contributed by atoms with Crippen molar-refractivity contribution < 1.29 is 11.0 Å². The average Bonchev–Trinajstić information content (AvgIpc) is 2.34. The van der Waals surface area contributed by atoms with E-state index in [4.69, 9.17) is 4.74 Å². The van der Waals surface area contributed by atoms with Gasteiger partial charge in [0.05, 0.1) is 5.56 Å². The third-order valence-corrected chi connectivity index (χ3v) is 1.60. The molecular formula is C8H7O2+. The number of hydrogen-bond donors (Lipinski definition) is 0. The van der Waals surface area contributed by atoms with Crippen LogP contribution < -0.4 is 0 Å². The SMILES string of the molecule is O=C1OCc2ccccc21.[H+]. The largest absolute Gasteiger partial charge is 1.00 e. The van der Waals surface area contributed by atoms with Crippen LogP contribution in [-0.4, -0.2) is 5.97 Å². The maximum absolute atomic E-state index is 10.8. The zero-order valence-electron chi connectivity index (χ0n) is 6.33. The van der Waals surface area contributed by atoms with E-state index < -0.39 is 0 Å². The first-order valence-corrected chi connectivity index (χ1v) is 3.13. The summed E-state index contributed by atoms with van der Waals surface area (Å²) < 4.78 is 4.78. The molecule has 0 bridgehead atoms. The highest BCUT2D eigenvalue weighted by Crippen LogP contribution is 2.17. The first-order chi connectivity index (χ1) is 4.88. The Kier molecular flexibility index (Phi) is 1.01. The Morgan fingerprint density at radius 3 is 3.00 bits per heavy atom. The molecular weight excluding hydrogens is 128 g/mol. The molecule has 0 saturated carbocycles. The third kappa shape index (κ3) is 0.620. The Morgan fingerprint density at radius 1 is 1.40 bits per heavy atom. The second-order valence-electron chi connectivity index (χ2n) is 2.23. The summed E-state index contributed by atoms with van der Waals surface area (Å²) in [6, 6.07) is 7.43. The number of benzene rings is 1. The van der Waals surface area contributed by atoms with Gasteiger partial charge in [-0.2, -0.15) is 0 Å². The fraction of sp³-hybridized carbons (Fsp3) is 0.125. The molecule has 1 heterocycles. The van der Waals surface area contributed by atoms with Gasteiger partial charge in [0.1, 0.15) is 6.61 Å². The Morgan fingerprint density at radius 2 is 2.20 bits per heavy atom. The molecule has 0 fully saturated rings. The van der Waals surface area contributed by atoms with E-state index in [0.717, 1.165) is 5.56 Å². The fourth-order valence-corrected chi connectivity index (χ4v) is 1.07. The lowest BCUT2D eigenvalue weighted by molar-refractivity contribution is 0.0535. The van der Waals surface area contributed by atoms with Crippen LogP contribution in [-0.2, 0) is 11.3 Å². The molecule has 0 aliphatic carbocycles. The predicted octanol–water partition coefficient (Wildman–Crippen LogP) is 1.47. The van der Waals surface area contributed by atoms with Crippen LogP contribution in [0.15, 0.2) is 24.3 Å². The van der Waals surface area contributed by atoms with Crippen molar-refractivity contribution in [1.82, 2.24) is 0 Å². The topological polar surface area (TPSA) is 26.3 Å². The zero-order chi connectivity index (χ0) is 6.97. The molecule has 2 heteroatoms. The highest BCUT2D eigenvalue weighted by atomic mass is 16.5. The molecule has 0 aromatic heterocycles. The molecule has 0 atom stereocenters. The summed E-state index contributed by atoms with van der Waals surface area (Å²) in [6.45, 7) is 0.439.